The van der Waals surface area contributed by atoms with Gasteiger partial charge >= 0.3 is 0 Å². The molecule has 0 N–H and O–H groups in total. The Morgan fingerprint density at radius 3 is 2.50 bits per heavy atom. The van der Waals surface area contributed by atoms with Gasteiger partial charge in [-0.2, -0.15) is 0 Å². The van der Waals surface area contributed by atoms with E-state index in [-0.39, 0.29) is 12.8 Å². The quantitative estimate of drug-likeness (QED) is 0.535. The van der Waals surface area contributed by atoms with Crippen LogP contribution in [0.25, 0.3) is 0 Å². The molecule has 0 radical (unpaired) electrons. The molecular formula is C17H22F2O. The molecule has 0 aliphatic heterocycles. The lowest BCUT2D eigenvalue weighted by molar-refractivity contribution is -0.0411. The molecule has 0 atom stereocenters. The molecule has 1 nitrogen and oxygen atoms in total. The second kappa shape index (κ2) is 6.87. The average Bonchev–Trinajstić information content (AvgIpc) is 2.42. The molecular weight excluding hydrogens is 258 g/mol. The number of rotatable bonds is 5. The predicted octanol–water partition coefficient (Wildman–Crippen LogP) is 5.15. The second-order valence-corrected chi connectivity index (χ2v) is 5.57. The second-order valence-electron chi connectivity index (χ2n) is 5.57. The first kappa shape index (κ1) is 15.0. The number of allylic oxidation sites excluding steroid dienone is 1. The highest BCUT2D eigenvalue weighted by atomic mass is 19.3. The van der Waals surface area contributed by atoms with Crippen LogP contribution in [-0.4, -0.2) is 12.5 Å². The van der Waals surface area contributed by atoms with E-state index in [9.17, 15) is 8.78 Å². The van der Waals surface area contributed by atoms with Crippen LogP contribution in [0.15, 0.2) is 36.4 Å². The lowest BCUT2D eigenvalue weighted by Gasteiger charge is -2.26. The lowest BCUT2D eigenvalue weighted by atomic mass is 9.86. The zero-order chi connectivity index (χ0) is 14.4. The molecule has 0 aromatic heterocycles. The van der Waals surface area contributed by atoms with Gasteiger partial charge in [0.25, 0.3) is 0 Å². The molecule has 1 aliphatic carbocycles. The average molecular weight is 280 g/mol. The molecule has 0 saturated heterocycles. The normalized spacial score (nSPS) is 19.4. The van der Waals surface area contributed by atoms with E-state index in [0.29, 0.717) is 25.4 Å². The summed E-state index contributed by atoms with van der Waals surface area (Å²) in [4.78, 5) is 0. The van der Waals surface area contributed by atoms with E-state index < -0.39 is 5.92 Å². The van der Waals surface area contributed by atoms with Crippen molar-refractivity contribution in [2.45, 2.75) is 45.0 Å². The summed E-state index contributed by atoms with van der Waals surface area (Å²) in [7, 11) is 0. The first-order valence-electron chi connectivity index (χ1n) is 7.29. The summed E-state index contributed by atoms with van der Waals surface area (Å²) < 4.78 is 31.6. The van der Waals surface area contributed by atoms with Crippen molar-refractivity contribution < 1.29 is 13.5 Å². The molecule has 1 fully saturated rings. The van der Waals surface area contributed by atoms with Gasteiger partial charge in [0.1, 0.15) is 5.75 Å². The van der Waals surface area contributed by atoms with Crippen LogP contribution in [0, 0.1) is 12.8 Å². The third-order valence-electron chi connectivity index (χ3n) is 3.74. The van der Waals surface area contributed by atoms with E-state index in [1.165, 1.54) is 5.56 Å². The number of ether oxygens (including phenoxy) is 1. The van der Waals surface area contributed by atoms with Crippen molar-refractivity contribution in [3.8, 4) is 5.75 Å². The SMILES string of the molecule is Cc1ccc(OCC/C=C/C2CCC(F)(F)CC2)cc1. The Balaban J connectivity index is 1.63. The van der Waals surface area contributed by atoms with Gasteiger partial charge in [-0.15, -0.1) is 0 Å². The number of alkyl halides is 2. The zero-order valence-electron chi connectivity index (χ0n) is 11.9. The van der Waals surface area contributed by atoms with Crippen LogP contribution in [0.3, 0.4) is 0 Å². The van der Waals surface area contributed by atoms with Crippen molar-refractivity contribution in [1.82, 2.24) is 0 Å². The Kier molecular flexibility index (Phi) is 5.16. The summed E-state index contributed by atoms with van der Waals surface area (Å²) in [6.45, 7) is 2.67. The van der Waals surface area contributed by atoms with E-state index in [2.05, 4.69) is 12.2 Å². The first-order valence-corrected chi connectivity index (χ1v) is 7.29. The molecule has 20 heavy (non-hydrogen) atoms. The van der Waals surface area contributed by atoms with E-state index in [1.54, 1.807) is 0 Å². The van der Waals surface area contributed by atoms with Crippen molar-refractivity contribution in [2.24, 2.45) is 5.92 Å². The van der Waals surface area contributed by atoms with Crippen LogP contribution in [0.1, 0.15) is 37.7 Å². The molecule has 0 bridgehead atoms. The number of halogens is 2. The van der Waals surface area contributed by atoms with Crippen LogP contribution in [0.2, 0.25) is 0 Å². The molecule has 0 amide bonds. The fraction of sp³-hybridized carbons (Fsp3) is 0.529. The maximum Gasteiger partial charge on any atom is 0.248 e. The molecule has 1 saturated carbocycles. The van der Waals surface area contributed by atoms with Crippen LogP contribution in [0.5, 0.6) is 5.75 Å². The van der Waals surface area contributed by atoms with Crippen molar-refractivity contribution in [1.29, 1.82) is 0 Å². The van der Waals surface area contributed by atoms with Gasteiger partial charge in [0.15, 0.2) is 0 Å². The van der Waals surface area contributed by atoms with Crippen molar-refractivity contribution in [3.63, 3.8) is 0 Å². The summed E-state index contributed by atoms with van der Waals surface area (Å²) in [5.41, 5.74) is 1.21. The molecule has 3 heteroatoms. The van der Waals surface area contributed by atoms with Crippen LogP contribution < -0.4 is 4.74 Å². The topological polar surface area (TPSA) is 9.23 Å². The molecule has 0 heterocycles. The minimum atomic E-state index is -2.43. The minimum absolute atomic E-state index is 0.0296. The first-order chi connectivity index (χ1) is 9.55. The molecule has 2 rings (SSSR count). The van der Waals surface area contributed by atoms with Crippen molar-refractivity contribution in [2.75, 3.05) is 6.61 Å². The monoisotopic (exact) mass is 280 g/mol. The third kappa shape index (κ3) is 4.95. The van der Waals surface area contributed by atoms with Crippen LogP contribution >= 0.6 is 0 Å². The predicted molar refractivity (Wildman–Crippen MR) is 77.3 cm³/mol. The van der Waals surface area contributed by atoms with E-state index in [1.807, 2.05) is 31.2 Å². The van der Waals surface area contributed by atoms with Crippen LogP contribution in [-0.2, 0) is 0 Å². The lowest BCUT2D eigenvalue weighted by Crippen LogP contribution is -2.23. The Morgan fingerprint density at radius 2 is 1.85 bits per heavy atom. The minimum Gasteiger partial charge on any atom is -0.493 e. The van der Waals surface area contributed by atoms with Crippen LogP contribution in [0.4, 0.5) is 8.78 Å². The third-order valence-corrected chi connectivity index (χ3v) is 3.74. The van der Waals surface area contributed by atoms with Gasteiger partial charge in [0.2, 0.25) is 5.92 Å². The maximum atomic E-state index is 13.0. The summed E-state index contributed by atoms with van der Waals surface area (Å²) in [5, 5.41) is 0. The smallest absolute Gasteiger partial charge is 0.248 e. The van der Waals surface area contributed by atoms with Gasteiger partial charge < -0.3 is 4.74 Å². The number of hydrogen-bond donors (Lipinski definition) is 0. The van der Waals surface area contributed by atoms with Crippen molar-refractivity contribution >= 4 is 0 Å². The largest absolute Gasteiger partial charge is 0.493 e. The van der Waals surface area contributed by atoms with Gasteiger partial charge in [-0.05, 0) is 44.2 Å². The summed E-state index contributed by atoms with van der Waals surface area (Å²) in [6, 6.07) is 7.96. The van der Waals surface area contributed by atoms with E-state index in [0.717, 1.165) is 12.2 Å². The number of hydrogen-bond acceptors (Lipinski definition) is 1. The summed E-state index contributed by atoms with van der Waals surface area (Å²) in [5.74, 6) is -1.24. The molecule has 110 valence electrons. The van der Waals surface area contributed by atoms with Gasteiger partial charge in [-0.1, -0.05) is 29.8 Å². The van der Waals surface area contributed by atoms with Gasteiger partial charge in [-0.3, -0.25) is 0 Å². The molecule has 1 aromatic rings. The Labute approximate surface area is 119 Å². The molecule has 1 aromatic carbocycles. The fourth-order valence-corrected chi connectivity index (χ4v) is 2.42. The molecule has 1 aliphatic rings. The Hall–Kier alpha value is -1.38. The number of benzene rings is 1. The molecule has 0 spiro atoms. The highest BCUT2D eigenvalue weighted by molar-refractivity contribution is 5.26. The van der Waals surface area contributed by atoms with E-state index >= 15 is 0 Å². The summed E-state index contributed by atoms with van der Waals surface area (Å²) >= 11 is 0. The standard InChI is InChI=1S/C17H22F2O/c1-14-5-7-16(8-6-14)20-13-3-2-4-15-9-11-17(18,19)12-10-15/h2,4-8,15H,3,9-13H2,1H3/b4-2+. The molecule has 0 unspecified atom stereocenters. The fourth-order valence-electron chi connectivity index (χ4n) is 2.42. The van der Waals surface area contributed by atoms with Gasteiger partial charge in [0, 0.05) is 12.8 Å². The van der Waals surface area contributed by atoms with E-state index in [4.69, 9.17) is 4.74 Å². The van der Waals surface area contributed by atoms with Gasteiger partial charge in [-0.25, -0.2) is 8.78 Å². The zero-order valence-corrected chi connectivity index (χ0v) is 11.9. The summed E-state index contributed by atoms with van der Waals surface area (Å²) in [6.07, 6.45) is 6.21. The van der Waals surface area contributed by atoms with Gasteiger partial charge in [0.05, 0.1) is 6.61 Å². The highest BCUT2D eigenvalue weighted by Crippen LogP contribution is 2.36. The Bertz CT molecular complexity index is 427. The Morgan fingerprint density at radius 1 is 1.20 bits per heavy atom. The highest BCUT2D eigenvalue weighted by Gasteiger charge is 2.33. The number of aryl methyl sites for hydroxylation is 1. The van der Waals surface area contributed by atoms with Crippen molar-refractivity contribution in [3.05, 3.63) is 42.0 Å². The maximum absolute atomic E-state index is 13.0.